The third kappa shape index (κ3) is 5.46. The van der Waals surface area contributed by atoms with E-state index in [1.807, 2.05) is 11.3 Å². The normalized spacial score (nSPS) is 21.1. The molecule has 1 N–H and O–H groups in total. The van der Waals surface area contributed by atoms with Crippen LogP contribution in [-0.4, -0.2) is 17.9 Å². The van der Waals surface area contributed by atoms with E-state index < -0.39 is 0 Å². The van der Waals surface area contributed by atoms with Gasteiger partial charge in [-0.3, -0.25) is 0 Å². The van der Waals surface area contributed by atoms with Crippen LogP contribution in [0.3, 0.4) is 0 Å². The number of allylic oxidation sites excluding steroid dienone is 2. The van der Waals surface area contributed by atoms with Crippen molar-refractivity contribution in [2.24, 2.45) is 17.3 Å². The van der Waals surface area contributed by atoms with Gasteiger partial charge in [0.25, 0.3) is 0 Å². The third-order valence-corrected chi connectivity index (χ3v) is 18.9. The first-order chi connectivity index (χ1) is 33.0. The molecule has 3 aromatic heterocycles. The van der Waals surface area contributed by atoms with Gasteiger partial charge >= 0.3 is 0 Å². The highest BCUT2D eigenvalue weighted by Crippen LogP contribution is 2.54. The second-order valence-electron chi connectivity index (χ2n) is 24.2. The molecular formula is C64H56BN2OS. The number of benzene rings is 7. The Labute approximate surface area is 409 Å². The molecule has 3 unspecified atom stereocenters. The molecule has 10 aromatic rings. The van der Waals surface area contributed by atoms with E-state index in [0.717, 1.165) is 21.9 Å². The molecule has 7 aromatic carbocycles. The number of para-hydroxylation sites is 1. The van der Waals surface area contributed by atoms with E-state index in [9.17, 15) is 0 Å². The second-order valence-corrected chi connectivity index (χ2v) is 25.3. The van der Waals surface area contributed by atoms with Crippen molar-refractivity contribution in [1.82, 2.24) is 4.57 Å². The van der Waals surface area contributed by atoms with Crippen molar-refractivity contribution in [3.63, 3.8) is 0 Å². The molecule has 4 aliphatic carbocycles. The van der Waals surface area contributed by atoms with Gasteiger partial charge in [-0.25, -0.2) is 0 Å². The molecule has 0 bridgehead atoms. The van der Waals surface area contributed by atoms with Gasteiger partial charge in [0.15, 0.2) is 7.28 Å². The highest BCUT2D eigenvalue weighted by Gasteiger charge is 2.49. The number of hydrogen-bond acceptors (Lipinski definition) is 3. The molecule has 1 aliphatic heterocycles. The average Bonchev–Trinajstić information content (AvgIpc) is 3.54. The molecule has 1 fully saturated rings. The van der Waals surface area contributed by atoms with Crippen LogP contribution < -0.4 is 16.2 Å². The summed E-state index contributed by atoms with van der Waals surface area (Å²) in [6, 6.07) is 42.7. The molecule has 5 aliphatic rings. The summed E-state index contributed by atoms with van der Waals surface area (Å²) in [6.45, 7) is 21.6. The molecule has 5 heteroatoms. The molecule has 0 spiro atoms. The van der Waals surface area contributed by atoms with Crippen molar-refractivity contribution in [3.05, 3.63) is 155 Å². The average molecular weight is 912 g/mol. The van der Waals surface area contributed by atoms with Gasteiger partial charge in [-0.15, -0.1) is 11.3 Å². The summed E-state index contributed by atoms with van der Waals surface area (Å²) in [6.07, 6.45) is 9.84. The van der Waals surface area contributed by atoms with Crippen LogP contribution >= 0.6 is 11.3 Å². The van der Waals surface area contributed by atoms with Crippen LogP contribution in [0.1, 0.15) is 97.4 Å². The Kier molecular flexibility index (Phi) is 7.71. The number of hydrogen-bond donors (Lipinski definition) is 1. The number of fused-ring (bicyclic) bond motifs is 16. The van der Waals surface area contributed by atoms with Crippen molar-refractivity contribution in [2.75, 3.05) is 5.32 Å². The SMILES string of the molecule is CC(C)(C)C1=CC2C(C=C1)C2Nc1cc2sc3cc4c(cc3c2cc1-c1ccc2c3cc5c(cc3n3c2c1[B]c1cc2c(cc1-3)C(C)(C)c1ccccc1-2)oc1ccccc15)C(C)(C)CCC4(C)C. The van der Waals surface area contributed by atoms with Crippen molar-refractivity contribution in [3.8, 4) is 27.9 Å². The summed E-state index contributed by atoms with van der Waals surface area (Å²) in [5.74, 6) is 0.972. The fourth-order valence-electron chi connectivity index (χ4n) is 13.6. The highest BCUT2D eigenvalue weighted by molar-refractivity contribution is 7.25. The van der Waals surface area contributed by atoms with Crippen LogP contribution in [-0.2, 0) is 16.2 Å². The summed E-state index contributed by atoms with van der Waals surface area (Å²) in [5, 5.41) is 11.8. The van der Waals surface area contributed by atoms with Gasteiger partial charge in [0, 0.05) is 93.5 Å². The summed E-state index contributed by atoms with van der Waals surface area (Å²) in [7, 11) is 2.53. The van der Waals surface area contributed by atoms with Crippen molar-refractivity contribution >= 4 is 99.1 Å². The van der Waals surface area contributed by atoms with Crippen molar-refractivity contribution < 1.29 is 4.42 Å². The van der Waals surface area contributed by atoms with Crippen LogP contribution in [0.25, 0.3) is 91.9 Å². The molecule has 3 atom stereocenters. The van der Waals surface area contributed by atoms with Gasteiger partial charge in [0.1, 0.15) is 11.2 Å². The summed E-state index contributed by atoms with van der Waals surface area (Å²) in [5.41, 5.74) is 22.0. The fourth-order valence-corrected chi connectivity index (χ4v) is 14.7. The van der Waals surface area contributed by atoms with Crippen LogP contribution in [0.5, 0.6) is 0 Å². The van der Waals surface area contributed by atoms with Crippen LogP contribution in [0, 0.1) is 17.3 Å². The van der Waals surface area contributed by atoms with Crippen molar-refractivity contribution in [1.29, 1.82) is 0 Å². The smallest absolute Gasteiger partial charge is 0.197 e. The number of thiophene rings is 1. The summed E-state index contributed by atoms with van der Waals surface area (Å²) >= 11 is 1.97. The van der Waals surface area contributed by atoms with Gasteiger partial charge < -0.3 is 14.3 Å². The molecule has 1 radical (unpaired) electrons. The Morgan fingerprint density at radius 3 is 2.20 bits per heavy atom. The maximum absolute atomic E-state index is 6.65. The zero-order valence-corrected chi connectivity index (χ0v) is 41.9. The molecule has 0 amide bonds. The predicted molar refractivity (Wildman–Crippen MR) is 295 cm³/mol. The number of nitrogens with zero attached hydrogens (tertiary/aromatic N) is 1. The van der Waals surface area contributed by atoms with E-state index in [1.165, 1.54) is 127 Å². The van der Waals surface area contributed by atoms with E-state index in [1.54, 1.807) is 0 Å². The predicted octanol–water partition coefficient (Wildman–Crippen LogP) is 15.9. The fraction of sp³-hybridized carbons (Fsp3) is 0.281. The minimum Gasteiger partial charge on any atom is -0.456 e. The molecule has 3 nitrogen and oxygen atoms in total. The summed E-state index contributed by atoms with van der Waals surface area (Å²) in [4.78, 5) is 0. The maximum Gasteiger partial charge on any atom is 0.197 e. The topological polar surface area (TPSA) is 30.1 Å². The van der Waals surface area contributed by atoms with Crippen LogP contribution in [0.4, 0.5) is 5.69 Å². The van der Waals surface area contributed by atoms with E-state index in [2.05, 4.69) is 207 Å². The Hall–Kier alpha value is -6.30. The van der Waals surface area contributed by atoms with Crippen LogP contribution in [0.2, 0.25) is 0 Å². The third-order valence-electron chi connectivity index (χ3n) is 17.8. The molecule has 4 heterocycles. The number of aromatic nitrogens is 1. The first kappa shape index (κ1) is 40.6. The zero-order chi connectivity index (χ0) is 46.8. The van der Waals surface area contributed by atoms with Gasteiger partial charge in [-0.2, -0.15) is 0 Å². The van der Waals surface area contributed by atoms with Gasteiger partial charge in [0.2, 0.25) is 0 Å². The minimum absolute atomic E-state index is 0.119. The summed E-state index contributed by atoms with van der Waals surface area (Å²) < 4.78 is 12.0. The largest absolute Gasteiger partial charge is 0.456 e. The van der Waals surface area contributed by atoms with Crippen LogP contribution in [0.15, 0.2) is 137 Å². The Balaban J connectivity index is 1.01. The Morgan fingerprint density at radius 1 is 0.623 bits per heavy atom. The monoisotopic (exact) mass is 911 g/mol. The molecule has 337 valence electrons. The van der Waals surface area contributed by atoms with Gasteiger partial charge in [0.05, 0.1) is 5.52 Å². The Bertz CT molecular complexity index is 4060. The lowest BCUT2D eigenvalue weighted by atomic mass is 9.58. The molecule has 15 rings (SSSR count). The van der Waals surface area contributed by atoms with Gasteiger partial charge in [-0.05, 0) is 122 Å². The van der Waals surface area contributed by atoms with E-state index in [-0.39, 0.29) is 21.7 Å². The first-order valence-electron chi connectivity index (χ1n) is 25.3. The lowest BCUT2D eigenvalue weighted by molar-refractivity contribution is 0.332. The molecule has 69 heavy (non-hydrogen) atoms. The lowest BCUT2D eigenvalue weighted by Gasteiger charge is -2.41. The van der Waals surface area contributed by atoms with E-state index >= 15 is 0 Å². The minimum atomic E-state index is -0.126. The number of rotatable bonds is 3. The van der Waals surface area contributed by atoms with E-state index in [4.69, 9.17) is 4.42 Å². The highest BCUT2D eigenvalue weighted by atomic mass is 32.1. The lowest BCUT2D eigenvalue weighted by Crippen LogP contribution is -2.37. The molecule has 0 saturated heterocycles. The number of anilines is 1. The standard InChI is InChI=1S/C64H56BN2OS/c1-61(2,3)33-18-19-37-45(24-33)59(37)66-51-31-57-43(44-27-48-49(30-56(44)69-57)63(6,7)23-22-62(48,4)5)25-40(51)36-20-21-38-41-26-42-35-15-11-13-17-54(35)68-55(42)32-52(41)67-53-29-47-39(28-50(53)65-58(36)60(38)67)34-14-10-12-16-46(34)64(47,8)9/h10-21,24-32,37,45,59,66H,22-23H2,1-9H3. The Morgan fingerprint density at radius 2 is 1.38 bits per heavy atom. The maximum atomic E-state index is 6.65. The van der Waals surface area contributed by atoms with Gasteiger partial charge in [-0.1, -0.05) is 147 Å². The molecule has 1 saturated carbocycles. The van der Waals surface area contributed by atoms with E-state index in [0.29, 0.717) is 17.9 Å². The quantitative estimate of drug-likeness (QED) is 0.179. The van der Waals surface area contributed by atoms with Crippen molar-refractivity contribution in [2.45, 2.75) is 97.4 Å². The zero-order valence-electron chi connectivity index (χ0n) is 41.1. The number of nitrogens with one attached hydrogen (secondary N) is 1. The first-order valence-corrected chi connectivity index (χ1v) is 26.1. The number of furan rings is 1. The second kappa shape index (κ2) is 13.1. The molecular weight excluding hydrogens is 856 g/mol.